The lowest BCUT2D eigenvalue weighted by atomic mass is 9.97. The van der Waals surface area contributed by atoms with Gasteiger partial charge in [-0.25, -0.2) is 4.68 Å². The molecule has 30 heavy (non-hydrogen) atoms. The summed E-state index contributed by atoms with van der Waals surface area (Å²) in [5.41, 5.74) is 1.38. The van der Waals surface area contributed by atoms with E-state index in [-0.39, 0.29) is 18.0 Å². The van der Waals surface area contributed by atoms with Crippen LogP contribution in [-0.4, -0.2) is 50.2 Å². The van der Waals surface area contributed by atoms with E-state index in [0.717, 1.165) is 29.0 Å². The van der Waals surface area contributed by atoms with Crippen LogP contribution in [-0.2, 0) is 17.8 Å². The number of amides is 1. The maximum Gasteiger partial charge on any atom is 0.291 e. The molecule has 1 amide bonds. The van der Waals surface area contributed by atoms with Gasteiger partial charge in [0.15, 0.2) is 0 Å². The van der Waals surface area contributed by atoms with Crippen molar-refractivity contribution in [2.75, 3.05) is 13.1 Å². The minimum atomic E-state index is -0.221. The van der Waals surface area contributed by atoms with E-state index >= 15 is 0 Å². The number of hydrogen-bond acceptors (Lipinski definition) is 5. The Morgan fingerprint density at radius 3 is 2.77 bits per heavy atom. The minimum Gasteiger partial charge on any atom is -0.354 e. The second kappa shape index (κ2) is 8.89. The number of fused-ring (bicyclic) bond motifs is 3. The van der Waals surface area contributed by atoms with Gasteiger partial charge < -0.3 is 5.32 Å². The van der Waals surface area contributed by atoms with Crippen molar-refractivity contribution >= 4 is 33.0 Å². The predicted molar refractivity (Wildman–Crippen MR) is 121 cm³/mol. The van der Waals surface area contributed by atoms with Gasteiger partial charge in [0.1, 0.15) is 17.9 Å². The molecule has 1 aliphatic rings. The van der Waals surface area contributed by atoms with Gasteiger partial charge in [0.2, 0.25) is 5.91 Å². The minimum absolute atomic E-state index is 0.0440. The van der Waals surface area contributed by atoms with Gasteiger partial charge in [0.25, 0.3) is 5.56 Å². The predicted octanol–water partition coefficient (Wildman–Crippen LogP) is 3.04. The molecule has 1 aliphatic heterocycles. The van der Waals surface area contributed by atoms with Crippen molar-refractivity contribution in [3.05, 3.63) is 33.7 Å². The van der Waals surface area contributed by atoms with E-state index in [4.69, 9.17) is 0 Å². The number of thiophene rings is 1. The number of aryl methyl sites for hydroxylation is 1. The summed E-state index contributed by atoms with van der Waals surface area (Å²) in [6.45, 7) is 8.16. The number of aromatic nitrogens is 3. The smallest absolute Gasteiger partial charge is 0.291 e. The average Bonchev–Trinajstić information content (AvgIpc) is 3.31. The van der Waals surface area contributed by atoms with Crippen molar-refractivity contribution in [1.29, 1.82) is 0 Å². The topological polar surface area (TPSA) is 71.6 Å². The molecule has 0 radical (unpaired) electrons. The Hall–Kier alpha value is -2.19. The molecule has 0 unspecified atom stereocenters. The largest absolute Gasteiger partial charge is 0.354 e. The maximum absolute atomic E-state index is 12.9. The van der Waals surface area contributed by atoms with Crippen LogP contribution in [0.15, 0.2) is 22.3 Å². The summed E-state index contributed by atoms with van der Waals surface area (Å²) < 4.78 is 4.29. The van der Waals surface area contributed by atoms with Gasteiger partial charge in [-0.3, -0.25) is 18.9 Å². The molecule has 0 saturated carbocycles. The van der Waals surface area contributed by atoms with E-state index in [1.54, 1.807) is 11.3 Å². The first-order valence-corrected chi connectivity index (χ1v) is 11.9. The molecule has 1 fully saturated rings. The molecule has 3 aromatic rings. The fourth-order valence-corrected chi connectivity index (χ4v) is 5.46. The van der Waals surface area contributed by atoms with E-state index in [2.05, 4.69) is 29.2 Å². The van der Waals surface area contributed by atoms with E-state index in [9.17, 15) is 9.59 Å². The highest BCUT2D eigenvalue weighted by atomic mass is 32.1. The number of nitrogens with zero attached hydrogens (tertiary/aromatic N) is 4. The highest BCUT2D eigenvalue weighted by Crippen LogP contribution is 2.25. The number of piperidine rings is 1. The third kappa shape index (κ3) is 4.03. The molecule has 2 atom stereocenters. The molecule has 1 N–H and O–H groups in total. The van der Waals surface area contributed by atoms with Crippen LogP contribution in [0.3, 0.4) is 0 Å². The second-order valence-corrected chi connectivity index (χ2v) is 9.29. The Bertz CT molecular complexity index is 1090. The average molecular weight is 430 g/mol. The second-order valence-electron chi connectivity index (χ2n) is 8.34. The number of likely N-dealkylation sites (tertiary alicyclic amines) is 1. The van der Waals surface area contributed by atoms with Crippen LogP contribution >= 0.6 is 11.3 Å². The molecule has 7 nitrogen and oxygen atoms in total. The molecule has 0 aromatic carbocycles. The normalized spacial score (nSPS) is 20.2. The monoisotopic (exact) mass is 429 g/mol. The Labute approximate surface area is 180 Å². The Kier molecular flexibility index (Phi) is 6.24. The number of rotatable bonds is 7. The highest BCUT2D eigenvalue weighted by Gasteiger charge is 2.23. The van der Waals surface area contributed by atoms with Crippen molar-refractivity contribution in [3.8, 4) is 0 Å². The summed E-state index contributed by atoms with van der Waals surface area (Å²) in [5.74, 6) is 0.628. The van der Waals surface area contributed by atoms with Gasteiger partial charge in [0, 0.05) is 31.6 Å². The number of carbonyl (C=O) groups is 1. The van der Waals surface area contributed by atoms with Crippen LogP contribution in [0, 0.1) is 0 Å². The molecule has 8 heteroatoms. The van der Waals surface area contributed by atoms with E-state index < -0.39 is 0 Å². The summed E-state index contributed by atoms with van der Waals surface area (Å²) in [6.07, 6.45) is 5.41. The van der Waals surface area contributed by atoms with Crippen LogP contribution in [0.1, 0.15) is 52.3 Å². The molecule has 4 heterocycles. The lowest BCUT2D eigenvalue weighted by molar-refractivity contribution is -0.121. The van der Waals surface area contributed by atoms with Crippen LogP contribution < -0.4 is 10.9 Å². The fraction of sp³-hybridized carbons (Fsp3) is 0.591. The van der Waals surface area contributed by atoms with Gasteiger partial charge in [-0.15, -0.1) is 11.3 Å². The van der Waals surface area contributed by atoms with E-state index in [1.807, 2.05) is 28.8 Å². The molecular formula is C22H31N5O2S. The third-order valence-corrected chi connectivity index (χ3v) is 7.12. The molecule has 3 aromatic heterocycles. The first-order valence-electron chi connectivity index (χ1n) is 11.0. The third-order valence-electron chi connectivity index (χ3n) is 6.27. The lowest BCUT2D eigenvalue weighted by Gasteiger charge is -2.39. The van der Waals surface area contributed by atoms with Gasteiger partial charge in [-0.2, -0.15) is 5.10 Å². The number of nitrogens with one attached hydrogen (secondary N) is 1. The Morgan fingerprint density at radius 2 is 2.03 bits per heavy atom. The van der Waals surface area contributed by atoms with Gasteiger partial charge >= 0.3 is 0 Å². The van der Waals surface area contributed by atoms with Crippen molar-refractivity contribution in [2.24, 2.45) is 0 Å². The quantitative estimate of drug-likeness (QED) is 0.586. The SMILES string of the molecule is CCc1nn(CC(=O)NCCCN2[C@H](C)CCC[C@@H]2C)c(=O)c2cc3sccc3n12. The molecule has 0 spiro atoms. The van der Waals surface area contributed by atoms with E-state index in [0.29, 0.717) is 30.6 Å². The molecule has 1 saturated heterocycles. The standard InChI is InChI=1S/C22H31N5O2S/c1-4-20-24-26(22(29)18-13-19-17(27(18)20)9-12-30-19)14-21(28)23-10-6-11-25-15(2)7-5-8-16(25)3/h9,12-13,15-16H,4-8,10-11,14H2,1-3H3,(H,23,28)/t15-,16+. The first-order chi connectivity index (χ1) is 14.5. The zero-order valence-electron chi connectivity index (χ0n) is 18.1. The molecular weight excluding hydrogens is 398 g/mol. The summed E-state index contributed by atoms with van der Waals surface area (Å²) >= 11 is 1.61. The van der Waals surface area contributed by atoms with Gasteiger partial charge in [0.05, 0.1) is 10.2 Å². The van der Waals surface area contributed by atoms with Crippen LogP contribution in [0.2, 0.25) is 0 Å². The van der Waals surface area contributed by atoms with Gasteiger partial charge in [-0.05, 0) is 50.6 Å². The van der Waals surface area contributed by atoms with Crippen molar-refractivity contribution in [3.63, 3.8) is 0 Å². The Balaban J connectivity index is 1.39. The lowest BCUT2D eigenvalue weighted by Crippen LogP contribution is -2.45. The van der Waals surface area contributed by atoms with Gasteiger partial charge in [-0.1, -0.05) is 13.3 Å². The van der Waals surface area contributed by atoms with Crippen LogP contribution in [0.5, 0.6) is 0 Å². The molecule has 4 rings (SSSR count). The summed E-state index contributed by atoms with van der Waals surface area (Å²) in [4.78, 5) is 27.9. The summed E-state index contributed by atoms with van der Waals surface area (Å²) in [5, 5.41) is 9.46. The van der Waals surface area contributed by atoms with E-state index in [1.165, 1.54) is 23.9 Å². The highest BCUT2D eigenvalue weighted by molar-refractivity contribution is 7.17. The maximum atomic E-state index is 12.9. The zero-order chi connectivity index (χ0) is 21.3. The van der Waals surface area contributed by atoms with Crippen LogP contribution in [0.25, 0.3) is 15.7 Å². The zero-order valence-corrected chi connectivity index (χ0v) is 18.9. The number of hydrogen-bond donors (Lipinski definition) is 1. The van der Waals surface area contributed by atoms with Crippen molar-refractivity contribution < 1.29 is 4.79 Å². The van der Waals surface area contributed by atoms with Crippen molar-refractivity contribution in [1.82, 2.24) is 24.4 Å². The summed E-state index contributed by atoms with van der Waals surface area (Å²) in [7, 11) is 0. The fourth-order valence-electron chi connectivity index (χ4n) is 4.66. The number of carbonyl (C=O) groups excluding carboxylic acids is 1. The first kappa shape index (κ1) is 21.1. The Morgan fingerprint density at radius 1 is 1.27 bits per heavy atom. The molecule has 0 aliphatic carbocycles. The molecule has 0 bridgehead atoms. The van der Waals surface area contributed by atoms with Crippen LogP contribution in [0.4, 0.5) is 0 Å². The summed E-state index contributed by atoms with van der Waals surface area (Å²) in [6, 6.07) is 5.14. The van der Waals surface area contributed by atoms with Crippen molar-refractivity contribution in [2.45, 2.75) is 71.5 Å². The molecule has 162 valence electrons.